The van der Waals surface area contributed by atoms with Crippen molar-refractivity contribution in [3.05, 3.63) is 131 Å². The SMILES string of the molecule is O=C(NC1CCCC1)C(Cc1ccccc1)N(Cc1ccc(F)cc1)C(=O)CN(c1ccc(Cl)c(C(F)(F)F)c1)S(=O)(=O)c1ccccc1. The second kappa shape index (κ2) is 15.4. The minimum absolute atomic E-state index is 0.0525. The van der Waals surface area contributed by atoms with Crippen molar-refractivity contribution in [3.8, 4) is 0 Å². The van der Waals surface area contributed by atoms with E-state index in [0.717, 1.165) is 37.8 Å². The van der Waals surface area contributed by atoms with Gasteiger partial charge < -0.3 is 10.2 Å². The lowest BCUT2D eigenvalue weighted by molar-refractivity contribution is -0.140. The molecule has 1 aliphatic carbocycles. The molecule has 13 heteroatoms. The van der Waals surface area contributed by atoms with Gasteiger partial charge in [0, 0.05) is 19.0 Å². The molecule has 0 radical (unpaired) electrons. The number of hydrogen-bond acceptors (Lipinski definition) is 4. The lowest BCUT2D eigenvalue weighted by Gasteiger charge is -2.34. The van der Waals surface area contributed by atoms with Crippen LogP contribution in [0.25, 0.3) is 0 Å². The number of carbonyl (C=O) groups is 2. The minimum Gasteiger partial charge on any atom is -0.352 e. The molecule has 0 heterocycles. The molecule has 2 amide bonds. The molecule has 1 fully saturated rings. The van der Waals surface area contributed by atoms with E-state index in [1.165, 1.54) is 53.4 Å². The second-order valence-corrected chi connectivity index (χ2v) is 14.1. The van der Waals surface area contributed by atoms with E-state index in [-0.39, 0.29) is 23.9 Å². The fraction of sp³-hybridized carbons (Fsp3) is 0.278. The van der Waals surface area contributed by atoms with Crippen molar-refractivity contribution < 1.29 is 35.6 Å². The van der Waals surface area contributed by atoms with Crippen LogP contribution in [0.2, 0.25) is 5.02 Å². The van der Waals surface area contributed by atoms with Gasteiger partial charge in [-0.2, -0.15) is 13.2 Å². The lowest BCUT2D eigenvalue weighted by Crippen LogP contribution is -2.54. The molecule has 1 N–H and O–H groups in total. The largest absolute Gasteiger partial charge is 0.417 e. The highest BCUT2D eigenvalue weighted by atomic mass is 35.5. The summed E-state index contributed by atoms with van der Waals surface area (Å²) in [5, 5.41) is 2.39. The van der Waals surface area contributed by atoms with E-state index < -0.39 is 62.7 Å². The zero-order valence-electron chi connectivity index (χ0n) is 26.2. The summed E-state index contributed by atoms with van der Waals surface area (Å²) in [6.45, 7) is -1.18. The predicted molar refractivity (Wildman–Crippen MR) is 179 cm³/mol. The van der Waals surface area contributed by atoms with Gasteiger partial charge in [0.25, 0.3) is 10.0 Å². The molecule has 0 aromatic heterocycles. The van der Waals surface area contributed by atoms with Gasteiger partial charge >= 0.3 is 6.18 Å². The lowest BCUT2D eigenvalue weighted by atomic mass is 10.0. The summed E-state index contributed by atoms with van der Waals surface area (Å²) in [4.78, 5) is 29.5. The number of amides is 2. The molecular weight excluding hydrogens is 682 g/mol. The van der Waals surface area contributed by atoms with Crippen molar-refractivity contribution in [3.63, 3.8) is 0 Å². The number of anilines is 1. The maximum Gasteiger partial charge on any atom is 0.417 e. The van der Waals surface area contributed by atoms with Crippen LogP contribution < -0.4 is 9.62 Å². The average molecular weight is 716 g/mol. The van der Waals surface area contributed by atoms with E-state index >= 15 is 0 Å². The molecule has 0 spiro atoms. The predicted octanol–water partition coefficient (Wildman–Crippen LogP) is 7.39. The Labute approximate surface area is 287 Å². The third-order valence-electron chi connectivity index (χ3n) is 8.39. The smallest absolute Gasteiger partial charge is 0.352 e. The van der Waals surface area contributed by atoms with Gasteiger partial charge in [0.05, 0.1) is 21.2 Å². The first kappa shape index (κ1) is 35.9. The van der Waals surface area contributed by atoms with Crippen LogP contribution in [0.3, 0.4) is 0 Å². The zero-order chi connectivity index (χ0) is 35.2. The Morgan fingerprint density at radius 3 is 2.08 bits per heavy atom. The Morgan fingerprint density at radius 2 is 1.47 bits per heavy atom. The summed E-state index contributed by atoms with van der Waals surface area (Å²) >= 11 is 5.86. The van der Waals surface area contributed by atoms with Gasteiger partial charge in [-0.25, -0.2) is 12.8 Å². The molecule has 1 atom stereocenters. The molecule has 0 saturated heterocycles. The van der Waals surface area contributed by atoms with Crippen LogP contribution in [0.5, 0.6) is 0 Å². The van der Waals surface area contributed by atoms with Crippen LogP contribution >= 0.6 is 11.6 Å². The van der Waals surface area contributed by atoms with E-state index in [4.69, 9.17) is 11.6 Å². The Morgan fingerprint density at radius 1 is 0.857 bits per heavy atom. The van der Waals surface area contributed by atoms with Crippen LogP contribution in [0.15, 0.2) is 108 Å². The van der Waals surface area contributed by atoms with Gasteiger partial charge in [-0.1, -0.05) is 85.1 Å². The van der Waals surface area contributed by atoms with Gasteiger partial charge in [-0.15, -0.1) is 0 Å². The van der Waals surface area contributed by atoms with Crippen molar-refractivity contribution in [2.45, 2.75) is 61.8 Å². The van der Waals surface area contributed by atoms with Gasteiger partial charge in [0.2, 0.25) is 11.8 Å². The molecule has 1 aliphatic rings. The first-order valence-electron chi connectivity index (χ1n) is 15.7. The highest BCUT2D eigenvalue weighted by molar-refractivity contribution is 7.92. The van der Waals surface area contributed by atoms with Crippen molar-refractivity contribution in [1.29, 1.82) is 0 Å². The Kier molecular flexibility index (Phi) is 11.3. The average Bonchev–Trinajstić information content (AvgIpc) is 3.59. The van der Waals surface area contributed by atoms with Crippen molar-refractivity contribution in [2.24, 2.45) is 0 Å². The fourth-order valence-corrected chi connectivity index (χ4v) is 7.49. The molecule has 258 valence electrons. The third-order valence-corrected chi connectivity index (χ3v) is 10.5. The van der Waals surface area contributed by atoms with Crippen molar-refractivity contribution in [1.82, 2.24) is 10.2 Å². The summed E-state index contributed by atoms with van der Waals surface area (Å²) in [5.41, 5.74) is -0.573. The second-order valence-electron chi connectivity index (χ2n) is 11.8. The molecule has 4 aromatic rings. The topological polar surface area (TPSA) is 86.8 Å². The van der Waals surface area contributed by atoms with Gasteiger partial charge in [0.1, 0.15) is 18.4 Å². The molecule has 5 rings (SSSR count). The van der Waals surface area contributed by atoms with Gasteiger partial charge in [-0.3, -0.25) is 13.9 Å². The van der Waals surface area contributed by atoms with Gasteiger partial charge in [-0.05, 0) is 66.4 Å². The number of rotatable bonds is 12. The number of sulfonamides is 1. The number of nitrogens with one attached hydrogen (secondary N) is 1. The standard InChI is InChI=1S/C36H34ClF4N3O4S/c37-32-20-19-29(22-31(32)36(39,40)41)44(49(47,48)30-13-5-2-6-14-30)24-34(45)43(23-26-15-17-27(38)18-16-26)33(21-25-9-3-1-4-10-25)35(46)42-28-11-7-8-12-28/h1-6,9-10,13-20,22,28,33H,7-8,11-12,21,23-24H2,(H,42,46). The van der Waals surface area contributed by atoms with Crippen LogP contribution in [-0.4, -0.2) is 43.8 Å². The van der Waals surface area contributed by atoms with E-state index in [9.17, 15) is 35.6 Å². The molecule has 0 aliphatic heterocycles. The number of hydrogen-bond donors (Lipinski definition) is 1. The molecule has 49 heavy (non-hydrogen) atoms. The molecule has 4 aromatic carbocycles. The Balaban J connectivity index is 1.60. The van der Waals surface area contributed by atoms with E-state index in [1.54, 1.807) is 36.4 Å². The summed E-state index contributed by atoms with van der Waals surface area (Å²) in [6, 6.07) is 22.5. The fourth-order valence-electron chi connectivity index (χ4n) is 5.84. The highest BCUT2D eigenvalue weighted by Gasteiger charge is 2.38. The number of halogens is 5. The minimum atomic E-state index is -4.92. The van der Waals surface area contributed by atoms with Crippen LogP contribution in [0.4, 0.5) is 23.2 Å². The van der Waals surface area contributed by atoms with Crippen LogP contribution in [-0.2, 0) is 38.8 Å². The highest BCUT2D eigenvalue weighted by Crippen LogP contribution is 2.38. The molecule has 7 nitrogen and oxygen atoms in total. The molecular formula is C36H34ClF4N3O4S. The van der Waals surface area contributed by atoms with Crippen molar-refractivity contribution in [2.75, 3.05) is 10.8 Å². The van der Waals surface area contributed by atoms with E-state index in [0.29, 0.717) is 21.5 Å². The van der Waals surface area contributed by atoms with E-state index in [1.807, 2.05) is 0 Å². The Bertz CT molecular complexity index is 1860. The number of nitrogens with zero attached hydrogens (tertiary/aromatic N) is 2. The molecule has 1 unspecified atom stereocenters. The van der Waals surface area contributed by atoms with Crippen LogP contribution in [0, 0.1) is 5.82 Å². The maximum atomic E-state index is 14.5. The first-order valence-corrected chi connectivity index (χ1v) is 17.5. The summed E-state index contributed by atoms with van der Waals surface area (Å²) in [6.07, 6.45) is -1.49. The number of carbonyl (C=O) groups excluding carboxylic acids is 2. The quantitative estimate of drug-likeness (QED) is 0.155. The van der Waals surface area contributed by atoms with E-state index in [2.05, 4.69) is 5.32 Å². The Hall–Kier alpha value is -4.42. The molecule has 0 bridgehead atoms. The third kappa shape index (κ3) is 8.98. The normalized spacial score (nSPS) is 14.3. The van der Waals surface area contributed by atoms with Crippen molar-refractivity contribution >= 4 is 39.1 Å². The van der Waals surface area contributed by atoms with Gasteiger partial charge in [0.15, 0.2) is 0 Å². The summed E-state index contributed by atoms with van der Waals surface area (Å²) in [7, 11) is -4.63. The number of benzene rings is 4. The first-order chi connectivity index (χ1) is 23.3. The number of alkyl halides is 3. The summed E-state index contributed by atoms with van der Waals surface area (Å²) in [5.74, 6) is -1.85. The maximum absolute atomic E-state index is 14.5. The van der Waals surface area contributed by atoms with Crippen LogP contribution in [0.1, 0.15) is 42.4 Å². The monoisotopic (exact) mass is 715 g/mol. The summed E-state index contributed by atoms with van der Waals surface area (Å²) < 4.78 is 84.4. The molecule has 1 saturated carbocycles. The zero-order valence-corrected chi connectivity index (χ0v) is 27.8.